The SMILES string of the molecule is C[C@@H]1[C@@]2(CC[C@@H](CO)CO2)O[C@H]2C[C@H]3[C@@H]4CC[C@H]5C[C@@H](O[C@@H]6O[C@H](CO)[C@@H](O[C@@H]7O[C@H](CO)[C@@H](O)[C@H](O)[C@H]7O[C@@H]7O[C@H](CO)[C@@H](O)[C@H](O)[C@H]7O)[C@H](O)[C@H]6O)CC[C@]5(C)[C@H]4CC[C@]3(C)[C@]21O. The van der Waals surface area contributed by atoms with E-state index in [0.717, 1.165) is 44.9 Å². The van der Waals surface area contributed by atoms with E-state index < -0.39 is 123 Å². The second-order valence-electron chi connectivity index (χ2n) is 21.6. The first-order chi connectivity index (χ1) is 30.9. The molecule has 65 heavy (non-hydrogen) atoms. The van der Waals surface area contributed by atoms with Gasteiger partial charge in [0.2, 0.25) is 0 Å². The van der Waals surface area contributed by atoms with Crippen molar-refractivity contribution in [2.45, 2.75) is 201 Å². The molecule has 0 aromatic heterocycles. The largest absolute Gasteiger partial charge is 0.396 e. The molecule has 0 radical (unpaired) electrons. The Bertz CT molecular complexity index is 1630. The van der Waals surface area contributed by atoms with Gasteiger partial charge in [-0.05, 0) is 86.9 Å². The molecule has 5 saturated heterocycles. The molecule has 0 aromatic rings. The first kappa shape index (κ1) is 49.2. The highest BCUT2D eigenvalue weighted by molar-refractivity contribution is 5.23. The molecule has 0 bridgehead atoms. The molecule has 374 valence electrons. The van der Waals surface area contributed by atoms with E-state index in [0.29, 0.717) is 49.5 Å². The van der Waals surface area contributed by atoms with E-state index in [4.69, 9.17) is 37.9 Å². The Morgan fingerprint density at radius 2 is 1.18 bits per heavy atom. The van der Waals surface area contributed by atoms with E-state index in [1.165, 1.54) is 0 Å². The summed E-state index contributed by atoms with van der Waals surface area (Å²) in [5.74, 6) is 0.535. The summed E-state index contributed by atoms with van der Waals surface area (Å²) in [5.41, 5.74) is -1.33. The van der Waals surface area contributed by atoms with Crippen molar-refractivity contribution >= 4 is 0 Å². The second-order valence-corrected chi connectivity index (χ2v) is 21.6. The number of aliphatic hydroxyl groups excluding tert-OH is 11. The Morgan fingerprint density at radius 1 is 0.569 bits per heavy atom. The highest BCUT2D eigenvalue weighted by Crippen LogP contribution is 2.72. The minimum absolute atomic E-state index is 0.0147. The van der Waals surface area contributed by atoms with Gasteiger partial charge in [0, 0.05) is 30.3 Å². The Balaban J connectivity index is 0.837. The smallest absolute Gasteiger partial charge is 0.187 e. The minimum atomic E-state index is -1.90. The molecule has 0 aromatic carbocycles. The van der Waals surface area contributed by atoms with Crippen LogP contribution in [0.25, 0.3) is 0 Å². The molecule has 20 heteroatoms. The lowest BCUT2D eigenvalue weighted by atomic mass is 9.44. The van der Waals surface area contributed by atoms with Crippen LogP contribution in [0.15, 0.2) is 0 Å². The summed E-state index contributed by atoms with van der Waals surface area (Å²) in [5, 5.41) is 129. The van der Waals surface area contributed by atoms with Gasteiger partial charge in [0.15, 0.2) is 24.7 Å². The van der Waals surface area contributed by atoms with Crippen LogP contribution in [0.5, 0.6) is 0 Å². The molecule has 5 heterocycles. The third-order valence-electron chi connectivity index (χ3n) is 18.7. The minimum Gasteiger partial charge on any atom is -0.396 e. The van der Waals surface area contributed by atoms with Crippen LogP contribution in [0.1, 0.15) is 85.0 Å². The summed E-state index contributed by atoms with van der Waals surface area (Å²) in [6.45, 7) is 5.00. The van der Waals surface area contributed by atoms with Gasteiger partial charge in [-0.2, -0.15) is 0 Å². The molecular weight excluding hydrogens is 860 g/mol. The number of hydrogen-bond donors (Lipinski definition) is 12. The maximum absolute atomic E-state index is 12.8. The lowest BCUT2D eigenvalue weighted by Crippen LogP contribution is -2.67. The fourth-order valence-electron chi connectivity index (χ4n) is 14.7. The molecule has 5 aliphatic heterocycles. The topological polar surface area (TPSA) is 317 Å². The summed E-state index contributed by atoms with van der Waals surface area (Å²) < 4.78 is 48.6. The maximum Gasteiger partial charge on any atom is 0.187 e. The number of aliphatic hydroxyl groups is 12. The average Bonchev–Trinajstić information content (AvgIpc) is 3.65. The third-order valence-corrected chi connectivity index (χ3v) is 18.7. The number of fused-ring (bicyclic) bond motifs is 7. The van der Waals surface area contributed by atoms with Crippen molar-refractivity contribution in [1.82, 2.24) is 0 Å². The Hall–Kier alpha value is -0.800. The molecule has 4 saturated carbocycles. The molecular formula is C45H74O20. The van der Waals surface area contributed by atoms with Crippen molar-refractivity contribution < 1.29 is 99.2 Å². The Morgan fingerprint density at radius 3 is 1.85 bits per heavy atom. The summed E-state index contributed by atoms with van der Waals surface area (Å²) in [6, 6.07) is 0. The highest BCUT2D eigenvalue weighted by atomic mass is 16.8. The van der Waals surface area contributed by atoms with Crippen LogP contribution >= 0.6 is 0 Å². The molecule has 0 unspecified atom stereocenters. The van der Waals surface area contributed by atoms with Crippen molar-refractivity contribution in [2.24, 2.45) is 46.3 Å². The van der Waals surface area contributed by atoms with Gasteiger partial charge in [-0.15, -0.1) is 0 Å². The van der Waals surface area contributed by atoms with Crippen molar-refractivity contribution in [3.05, 3.63) is 0 Å². The lowest BCUT2D eigenvalue weighted by Gasteiger charge is -2.62. The van der Waals surface area contributed by atoms with Gasteiger partial charge in [0.1, 0.15) is 78.8 Å². The molecule has 9 rings (SSSR count). The van der Waals surface area contributed by atoms with Crippen LogP contribution in [0.4, 0.5) is 0 Å². The van der Waals surface area contributed by atoms with E-state index in [9.17, 15) is 61.3 Å². The molecule has 0 amide bonds. The molecule has 9 aliphatic rings. The fourth-order valence-corrected chi connectivity index (χ4v) is 14.7. The standard InChI is InChI=1S/C45H74O20/c1-19-44(11-6-20(14-46)18-58-44)65-29-13-25-23-5-4-21-12-22(7-9-42(21,2)24(23)8-10-43(25,3)45(19,29)57)59-39-36(56)34(54)37(28(17-49)62-39)63-41-38(33(53)31(51)27(16-48)61-41)64-40-35(55)32(52)30(50)26(15-47)60-40/h19-41,46-57H,4-18H2,1-3H3/t19-,20+,21+,22+,23-,24+,25+,26-,27-,28-,29+,30-,31-,32+,33+,34-,35-,36-,37-,38-,39-,40+,41+,42+,43+,44-,45-/m1/s1. The molecule has 12 N–H and O–H groups in total. The van der Waals surface area contributed by atoms with Crippen LogP contribution in [0.3, 0.4) is 0 Å². The van der Waals surface area contributed by atoms with Crippen LogP contribution in [-0.2, 0) is 37.9 Å². The van der Waals surface area contributed by atoms with Gasteiger partial charge in [0.25, 0.3) is 0 Å². The first-order valence-electron chi connectivity index (χ1n) is 24.1. The van der Waals surface area contributed by atoms with Crippen molar-refractivity contribution in [2.75, 3.05) is 33.0 Å². The van der Waals surface area contributed by atoms with Gasteiger partial charge in [-0.25, -0.2) is 0 Å². The van der Waals surface area contributed by atoms with Crippen LogP contribution < -0.4 is 0 Å². The van der Waals surface area contributed by atoms with Crippen molar-refractivity contribution in [3.63, 3.8) is 0 Å². The Labute approximate surface area is 378 Å². The van der Waals surface area contributed by atoms with Crippen LogP contribution in [-0.4, -0.2) is 210 Å². The monoisotopic (exact) mass is 934 g/mol. The van der Waals surface area contributed by atoms with Gasteiger partial charge >= 0.3 is 0 Å². The normalized spacial score (nSPS) is 57.9. The van der Waals surface area contributed by atoms with Crippen molar-refractivity contribution in [1.29, 1.82) is 0 Å². The van der Waals surface area contributed by atoms with E-state index in [1.54, 1.807) is 0 Å². The van der Waals surface area contributed by atoms with E-state index in [2.05, 4.69) is 20.8 Å². The number of rotatable bonds is 10. The predicted molar refractivity (Wildman–Crippen MR) is 218 cm³/mol. The van der Waals surface area contributed by atoms with E-state index >= 15 is 0 Å². The van der Waals surface area contributed by atoms with Gasteiger partial charge in [-0.1, -0.05) is 20.8 Å². The zero-order valence-corrected chi connectivity index (χ0v) is 37.5. The highest BCUT2D eigenvalue weighted by Gasteiger charge is 2.76. The summed E-state index contributed by atoms with van der Waals surface area (Å²) in [4.78, 5) is 0. The van der Waals surface area contributed by atoms with E-state index in [-0.39, 0.29) is 41.5 Å². The fraction of sp³-hybridized carbons (Fsp3) is 1.00. The summed E-state index contributed by atoms with van der Waals surface area (Å²) in [6.07, 6.45) is -17.2. The zero-order valence-electron chi connectivity index (χ0n) is 37.5. The number of ether oxygens (including phenoxy) is 8. The third kappa shape index (κ3) is 7.80. The molecule has 9 fully saturated rings. The second kappa shape index (κ2) is 18.4. The van der Waals surface area contributed by atoms with Gasteiger partial charge < -0.3 is 99.2 Å². The first-order valence-corrected chi connectivity index (χ1v) is 24.1. The lowest BCUT2D eigenvalue weighted by molar-refractivity contribution is -0.390. The Kier molecular flexibility index (Phi) is 13.9. The maximum atomic E-state index is 12.8. The van der Waals surface area contributed by atoms with Crippen LogP contribution in [0.2, 0.25) is 0 Å². The number of hydrogen-bond acceptors (Lipinski definition) is 20. The summed E-state index contributed by atoms with van der Waals surface area (Å²) in [7, 11) is 0. The van der Waals surface area contributed by atoms with Crippen LogP contribution in [0, 0.1) is 46.3 Å². The molecule has 1 spiro atoms. The predicted octanol–water partition coefficient (Wildman–Crippen LogP) is -2.65. The molecule has 4 aliphatic carbocycles. The quantitative estimate of drug-likeness (QED) is 0.0996. The average molecular weight is 935 g/mol. The molecule has 20 nitrogen and oxygen atoms in total. The van der Waals surface area contributed by atoms with E-state index in [1.807, 2.05) is 0 Å². The zero-order chi connectivity index (χ0) is 46.5. The van der Waals surface area contributed by atoms with Crippen molar-refractivity contribution in [3.8, 4) is 0 Å². The van der Waals surface area contributed by atoms with Gasteiger partial charge in [0.05, 0.1) is 38.6 Å². The van der Waals surface area contributed by atoms with Gasteiger partial charge in [-0.3, -0.25) is 0 Å². The molecule has 27 atom stereocenters. The summed E-state index contributed by atoms with van der Waals surface area (Å²) >= 11 is 0.